The van der Waals surface area contributed by atoms with Gasteiger partial charge in [-0.05, 0) is 41.5 Å². The number of rotatable bonds is 8. The summed E-state index contributed by atoms with van der Waals surface area (Å²) in [4.78, 5) is 47.8. The minimum atomic E-state index is -1.12. The van der Waals surface area contributed by atoms with Crippen LogP contribution in [0.4, 0.5) is 11.4 Å². The monoisotopic (exact) mass is 518 g/mol. The van der Waals surface area contributed by atoms with Crippen molar-refractivity contribution < 1.29 is 19.3 Å². The lowest BCUT2D eigenvalue weighted by Gasteiger charge is -2.13. The van der Waals surface area contributed by atoms with Crippen LogP contribution in [-0.2, 0) is 6.61 Å². The number of hydrogen-bond donors (Lipinski definition) is 2. The Labute approximate surface area is 192 Å². The first kappa shape index (κ1) is 23.4. The standard InChI is InChI=1S/C20H15BrN4O8/c1-32-16-8-12(4-7-15-18(25(30)31)19(26)23-20(27)22-15)14(21)9-17(16)33-10-11-2-5-13(6-3-11)24(28)29/h2-9H,10H2,1H3,(H2,22,23,26,27)/b7-4-. The summed E-state index contributed by atoms with van der Waals surface area (Å²) < 4.78 is 11.6. The van der Waals surface area contributed by atoms with Gasteiger partial charge in [-0.2, -0.15) is 0 Å². The Kier molecular flexibility index (Phi) is 7.03. The molecule has 0 bridgehead atoms. The van der Waals surface area contributed by atoms with E-state index in [1.807, 2.05) is 4.98 Å². The summed E-state index contributed by atoms with van der Waals surface area (Å²) in [5.74, 6) is 0.712. The molecule has 0 saturated heterocycles. The molecule has 0 atom stereocenters. The maximum atomic E-state index is 11.7. The van der Waals surface area contributed by atoms with Crippen molar-refractivity contribution in [3.05, 3.63) is 98.8 Å². The molecule has 0 radical (unpaired) electrons. The highest BCUT2D eigenvalue weighted by molar-refractivity contribution is 9.10. The maximum Gasteiger partial charge on any atom is 0.357 e. The molecule has 1 aromatic heterocycles. The molecule has 0 aliphatic rings. The van der Waals surface area contributed by atoms with E-state index >= 15 is 0 Å². The van der Waals surface area contributed by atoms with E-state index in [1.54, 1.807) is 24.3 Å². The zero-order valence-corrected chi connectivity index (χ0v) is 18.5. The summed E-state index contributed by atoms with van der Waals surface area (Å²) in [6.45, 7) is 0.121. The van der Waals surface area contributed by atoms with Gasteiger partial charge in [0.2, 0.25) is 0 Å². The van der Waals surface area contributed by atoms with E-state index < -0.39 is 26.8 Å². The number of methoxy groups -OCH3 is 1. The van der Waals surface area contributed by atoms with Crippen molar-refractivity contribution in [2.24, 2.45) is 0 Å². The molecule has 0 saturated carbocycles. The summed E-state index contributed by atoms with van der Waals surface area (Å²) in [6.07, 6.45) is 2.68. The number of non-ortho nitro benzene ring substituents is 1. The Morgan fingerprint density at radius 1 is 1.00 bits per heavy atom. The van der Waals surface area contributed by atoms with Crippen molar-refractivity contribution in [3.63, 3.8) is 0 Å². The van der Waals surface area contributed by atoms with Gasteiger partial charge in [-0.1, -0.05) is 22.0 Å². The first-order chi connectivity index (χ1) is 15.7. The molecule has 3 rings (SSSR count). The van der Waals surface area contributed by atoms with Crippen LogP contribution in [0.15, 0.2) is 50.5 Å². The molecule has 12 nitrogen and oxygen atoms in total. The van der Waals surface area contributed by atoms with Gasteiger partial charge < -0.3 is 14.5 Å². The molecule has 33 heavy (non-hydrogen) atoms. The van der Waals surface area contributed by atoms with E-state index in [1.165, 1.54) is 31.4 Å². The number of aromatic nitrogens is 2. The highest BCUT2D eigenvalue weighted by Crippen LogP contribution is 2.35. The number of ether oxygens (including phenoxy) is 2. The highest BCUT2D eigenvalue weighted by atomic mass is 79.9. The second-order valence-electron chi connectivity index (χ2n) is 6.50. The lowest BCUT2D eigenvalue weighted by Crippen LogP contribution is -2.25. The zero-order chi connectivity index (χ0) is 24.1. The minimum absolute atomic E-state index is 0.0304. The number of hydrogen-bond acceptors (Lipinski definition) is 8. The molecule has 0 fully saturated rings. The Balaban J connectivity index is 1.86. The Bertz CT molecular complexity index is 1360. The third kappa shape index (κ3) is 5.51. The molecular formula is C20H15BrN4O8. The van der Waals surface area contributed by atoms with E-state index in [4.69, 9.17) is 9.47 Å². The Morgan fingerprint density at radius 3 is 2.30 bits per heavy atom. The SMILES string of the molecule is COc1cc(/C=C\c2[nH]c(=O)[nH]c(=O)c2[N+](=O)[O-])c(Br)cc1OCc1ccc([N+](=O)[O-])cc1. The number of H-pyrrole nitrogens is 2. The number of benzene rings is 2. The first-order valence-electron chi connectivity index (χ1n) is 9.12. The summed E-state index contributed by atoms with van der Waals surface area (Å²) in [5.41, 5.74) is -1.86. The van der Waals surface area contributed by atoms with Crippen LogP contribution in [0.2, 0.25) is 0 Å². The minimum Gasteiger partial charge on any atom is -0.493 e. The predicted molar refractivity (Wildman–Crippen MR) is 121 cm³/mol. The van der Waals surface area contributed by atoms with Crippen LogP contribution in [0.5, 0.6) is 11.5 Å². The van der Waals surface area contributed by atoms with Gasteiger partial charge >= 0.3 is 16.9 Å². The smallest absolute Gasteiger partial charge is 0.357 e. The van der Waals surface area contributed by atoms with Crippen LogP contribution in [0.3, 0.4) is 0 Å². The average Bonchev–Trinajstić information content (AvgIpc) is 2.76. The summed E-state index contributed by atoms with van der Waals surface area (Å²) in [7, 11) is 1.43. The molecule has 2 aromatic carbocycles. The van der Waals surface area contributed by atoms with Gasteiger partial charge in [0, 0.05) is 16.6 Å². The molecule has 0 aliphatic carbocycles. The van der Waals surface area contributed by atoms with Gasteiger partial charge in [0.1, 0.15) is 12.3 Å². The Hall–Kier alpha value is -4.26. The number of halogens is 1. The van der Waals surface area contributed by atoms with E-state index in [9.17, 15) is 29.8 Å². The second-order valence-corrected chi connectivity index (χ2v) is 7.35. The molecule has 13 heteroatoms. The average molecular weight is 519 g/mol. The van der Waals surface area contributed by atoms with Crippen LogP contribution in [0, 0.1) is 20.2 Å². The van der Waals surface area contributed by atoms with Gasteiger partial charge in [0.25, 0.3) is 5.69 Å². The Morgan fingerprint density at radius 2 is 1.70 bits per heavy atom. The van der Waals surface area contributed by atoms with E-state index in [2.05, 4.69) is 20.9 Å². The van der Waals surface area contributed by atoms with Gasteiger partial charge in [0.15, 0.2) is 11.5 Å². The zero-order valence-electron chi connectivity index (χ0n) is 16.9. The van der Waals surface area contributed by atoms with Crippen molar-refractivity contribution in [2.75, 3.05) is 7.11 Å². The number of nitro benzene ring substituents is 1. The molecule has 0 amide bonds. The van der Waals surface area contributed by atoms with Crippen molar-refractivity contribution in [1.29, 1.82) is 0 Å². The van der Waals surface area contributed by atoms with Crippen molar-refractivity contribution >= 4 is 39.5 Å². The molecule has 3 aromatic rings. The van der Waals surface area contributed by atoms with Gasteiger partial charge in [0.05, 0.1) is 17.0 Å². The van der Waals surface area contributed by atoms with Gasteiger partial charge in [-0.15, -0.1) is 0 Å². The van der Waals surface area contributed by atoms with Crippen LogP contribution < -0.4 is 20.7 Å². The third-order valence-electron chi connectivity index (χ3n) is 4.38. The number of nitrogens with one attached hydrogen (secondary N) is 2. The first-order valence-corrected chi connectivity index (χ1v) is 9.91. The van der Waals surface area contributed by atoms with Crippen molar-refractivity contribution in [3.8, 4) is 11.5 Å². The maximum absolute atomic E-state index is 11.7. The van der Waals surface area contributed by atoms with Gasteiger partial charge in [-0.25, -0.2) is 4.79 Å². The topological polar surface area (TPSA) is 170 Å². The largest absolute Gasteiger partial charge is 0.493 e. The predicted octanol–water partition coefficient (Wildman–Crippen LogP) is 3.40. The third-order valence-corrected chi connectivity index (χ3v) is 5.07. The summed E-state index contributed by atoms with van der Waals surface area (Å²) >= 11 is 3.38. The highest BCUT2D eigenvalue weighted by Gasteiger charge is 2.19. The molecule has 2 N–H and O–H groups in total. The fourth-order valence-electron chi connectivity index (χ4n) is 2.80. The molecule has 0 spiro atoms. The van der Waals surface area contributed by atoms with Crippen LogP contribution >= 0.6 is 15.9 Å². The lowest BCUT2D eigenvalue weighted by molar-refractivity contribution is -0.386. The molecular weight excluding hydrogens is 504 g/mol. The quantitative estimate of drug-likeness (QED) is 0.337. The number of nitrogens with zero attached hydrogens (tertiary/aromatic N) is 2. The molecule has 0 unspecified atom stereocenters. The van der Waals surface area contributed by atoms with Crippen LogP contribution in [-0.4, -0.2) is 26.9 Å². The number of aromatic amines is 2. The summed E-state index contributed by atoms with van der Waals surface area (Å²) in [5, 5.41) is 21.9. The van der Waals surface area contributed by atoms with Crippen LogP contribution in [0.25, 0.3) is 12.2 Å². The molecule has 0 aliphatic heterocycles. The summed E-state index contributed by atoms with van der Waals surface area (Å²) in [6, 6.07) is 9.09. The van der Waals surface area contributed by atoms with Gasteiger partial charge in [-0.3, -0.25) is 30.0 Å². The molecule has 1 heterocycles. The normalized spacial score (nSPS) is 10.8. The fourth-order valence-corrected chi connectivity index (χ4v) is 3.25. The van der Waals surface area contributed by atoms with Crippen LogP contribution in [0.1, 0.15) is 16.8 Å². The van der Waals surface area contributed by atoms with E-state index in [-0.39, 0.29) is 18.0 Å². The second kappa shape index (κ2) is 9.91. The van der Waals surface area contributed by atoms with E-state index in [0.717, 1.165) is 0 Å². The molecule has 170 valence electrons. The van der Waals surface area contributed by atoms with E-state index in [0.29, 0.717) is 27.1 Å². The van der Waals surface area contributed by atoms with Crippen molar-refractivity contribution in [1.82, 2.24) is 9.97 Å². The van der Waals surface area contributed by atoms with Crippen molar-refractivity contribution in [2.45, 2.75) is 6.61 Å². The fraction of sp³-hybridized carbons (Fsp3) is 0.100. The number of nitro groups is 2. The lowest BCUT2D eigenvalue weighted by atomic mass is 10.1.